The minimum Gasteiger partial charge on any atom is -0.459 e. The second-order valence-corrected chi connectivity index (χ2v) is 8.88. The van der Waals surface area contributed by atoms with Crippen LogP contribution in [-0.4, -0.2) is 36.7 Å². The third kappa shape index (κ3) is 7.92. The highest BCUT2D eigenvalue weighted by molar-refractivity contribution is 7.89. The summed E-state index contributed by atoms with van der Waals surface area (Å²) in [6.07, 6.45) is 1.23. The maximum Gasteiger partial charge on any atom is 0.325 e. The molecular weight excluding hydrogens is 360 g/mol. The number of hydrogen-bond donors (Lipinski definition) is 1. The Bertz CT molecular complexity index is 723. The van der Waals surface area contributed by atoms with Gasteiger partial charge in [-0.25, -0.2) is 13.1 Å². The van der Waals surface area contributed by atoms with Gasteiger partial charge in [-0.05, 0) is 39.2 Å². The van der Waals surface area contributed by atoms with Gasteiger partial charge in [-0.3, -0.25) is 14.9 Å². The molecule has 0 radical (unpaired) electrons. The van der Waals surface area contributed by atoms with Crippen LogP contribution in [0.4, 0.5) is 5.69 Å². The summed E-state index contributed by atoms with van der Waals surface area (Å²) in [5.41, 5.74) is -0.254. The van der Waals surface area contributed by atoms with Gasteiger partial charge in [-0.2, -0.15) is 0 Å². The van der Waals surface area contributed by atoms with E-state index in [-0.39, 0.29) is 17.9 Å². The minimum atomic E-state index is -3.64. The van der Waals surface area contributed by atoms with Crippen molar-refractivity contribution in [2.75, 3.05) is 5.75 Å². The highest BCUT2D eigenvalue weighted by atomic mass is 32.2. The van der Waals surface area contributed by atoms with E-state index in [1.54, 1.807) is 20.8 Å². The fraction of sp³-hybridized carbons (Fsp3) is 0.588. The molecule has 1 aromatic carbocycles. The quantitative estimate of drug-likeness (QED) is 0.396. The van der Waals surface area contributed by atoms with Crippen molar-refractivity contribution >= 4 is 21.7 Å². The summed E-state index contributed by atoms with van der Waals surface area (Å²) in [4.78, 5) is 22.6. The van der Waals surface area contributed by atoms with Gasteiger partial charge in [0.1, 0.15) is 11.6 Å². The van der Waals surface area contributed by atoms with Crippen molar-refractivity contribution in [1.82, 2.24) is 4.72 Å². The van der Waals surface area contributed by atoms with Crippen molar-refractivity contribution in [2.45, 2.75) is 58.6 Å². The Labute approximate surface area is 154 Å². The highest BCUT2D eigenvalue weighted by Gasteiger charge is 2.29. The Balaban J connectivity index is 2.99. The number of nitrogens with zero attached hydrogens (tertiary/aromatic N) is 1. The molecule has 1 atom stereocenters. The number of nitro groups is 1. The van der Waals surface area contributed by atoms with Crippen LogP contribution in [0.25, 0.3) is 0 Å². The average Bonchev–Trinajstić information content (AvgIpc) is 2.51. The number of esters is 1. The van der Waals surface area contributed by atoms with Crippen LogP contribution >= 0.6 is 0 Å². The zero-order valence-corrected chi connectivity index (χ0v) is 16.3. The summed E-state index contributed by atoms with van der Waals surface area (Å²) in [6.45, 7) is 6.95. The Morgan fingerprint density at radius 3 is 2.31 bits per heavy atom. The fourth-order valence-electron chi connectivity index (χ4n) is 2.15. The molecule has 0 heterocycles. The number of sulfonamides is 1. The minimum absolute atomic E-state index is 0.0399. The van der Waals surface area contributed by atoms with Crippen molar-refractivity contribution in [3.63, 3.8) is 0 Å². The number of benzene rings is 1. The molecule has 1 rings (SSSR count). The number of carbonyl (C=O) groups excluding carboxylic acids is 1. The number of hydrogen-bond acceptors (Lipinski definition) is 6. The SMILES string of the molecule is CCCCS(=O)(=O)N[C@@H](Cc1ccc([N+](=O)[O-])cc1)C(=O)OC(C)(C)C. The van der Waals surface area contributed by atoms with E-state index in [0.717, 1.165) is 0 Å². The Morgan fingerprint density at radius 2 is 1.85 bits per heavy atom. The average molecular weight is 386 g/mol. The lowest BCUT2D eigenvalue weighted by Gasteiger charge is -2.24. The standard InChI is InChI=1S/C17H26N2O6S/c1-5-6-11-26(23,24)18-15(16(20)25-17(2,3)4)12-13-7-9-14(10-8-13)19(21)22/h7-10,15,18H,5-6,11-12H2,1-4H3/t15-/m0/s1. The van der Waals surface area contributed by atoms with Crippen LogP contribution < -0.4 is 4.72 Å². The number of nitrogens with one attached hydrogen (secondary N) is 1. The smallest absolute Gasteiger partial charge is 0.325 e. The first-order valence-corrected chi connectivity index (χ1v) is 10.0. The number of nitro benzene ring substituents is 1. The van der Waals surface area contributed by atoms with Crippen molar-refractivity contribution in [2.24, 2.45) is 0 Å². The van der Waals surface area contributed by atoms with E-state index in [2.05, 4.69) is 4.72 Å². The van der Waals surface area contributed by atoms with Gasteiger partial charge in [-0.1, -0.05) is 25.5 Å². The van der Waals surface area contributed by atoms with Crippen molar-refractivity contribution < 1.29 is 22.9 Å². The molecule has 8 nitrogen and oxygen atoms in total. The Kier molecular flexibility index (Phi) is 7.70. The molecule has 146 valence electrons. The van der Waals surface area contributed by atoms with Gasteiger partial charge in [0.15, 0.2) is 0 Å². The maximum atomic E-state index is 12.4. The van der Waals surface area contributed by atoms with Crippen molar-refractivity contribution in [3.05, 3.63) is 39.9 Å². The summed E-state index contributed by atoms with van der Waals surface area (Å²) in [5, 5.41) is 10.7. The van der Waals surface area contributed by atoms with E-state index in [9.17, 15) is 23.3 Å². The molecule has 0 aliphatic carbocycles. The van der Waals surface area contributed by atoms with Crippen LogP contribution in [0.3, 0.4) is 0 Å². The number of carbonyl (C=O) groups is 1. The monoisotopic (exact) mass is 386 g/mol. The fourth-order valence-corrected chi connectivity index (χ4v) is 3.55. The molecule has 0 fully saturated rings. The van der Waals surface area contributed by atoms with Crippen molar-refractivity contribution in [3.8, 4) is 0 Å². The van der Waals surface area contributed by atoms with Gasteiger partial charge in [0, 0.05) is 12.1 Å². The second kappa shape index (κ2) is 9.09. The lowest BCUT2D eigenvalue weighted by Crippen LogP contribution is -2.46. The molecule has 0 amide bonds. The molecule has 0 aliphatic heterocycles. The zero-order chi connectivity index (χ0) is 20.0. The third-order valence-electron chi connectivity index (χ3n) is 3.37. The second-order valence-electron chi connectivity index (χ2n) is 7.00. The summed E-state index contributed by atoms with van der Waals surface area (Å²) >= 11 is 0. The third-order valence-corrected chi connectivity index (χ3v) is 4.84. The first kappa shape index (κ1) is 22.0. The van der Waals surface area contributed by atoms with E-state index < -0.39 is 32.6 Å². The zero-order valence-electron chi connectivity index (χ0n) is 15.5. The summed E-state index contributed by atoms with van der Waals surface area (Å²) in [5.74, 6) is -0.765. The van der Waals surface area contributed by atoms with Crippen molar-refractivity contribution in [1.29, 1.82) is 0 Å². The Morgan fingerprint density at radius 1 is 1.27 bits per heavy atom. The number of rotatable bonds is 9. The van der Waals surface area contributed by atoms with E-state index >= 15 is 0 Å². The predicted octanol–water partition coefficient (Wildman–Crippen LogP) is 2.57. The molecule has 1 aromatic rings. The van der Waals surface area contributed by atoms with Gasteiger partial charge < -0.3 is 4.74 Å². The molecule has 0 saturated carbocycles. The lowest BCUT2D eigenvalue weighted by atomic mass is 10.1. The van der Waals surface area contributed by atoms with Gasteiger partial charge in [-0.15, -0.1) is 0 Å². The van der Waals surface area contributed by atoms with E-state index in [0.29, 0.717) is 18.4 Å². The Hall–Kier alpha value is -2.00. The molecule has 0 spiro atoms. The number of ether oxygens (including phenoxy) is 1. The van der Waals surface area contributed by atoms with Gasteiger partial charge >= 0.3 is 5.97 Å². The van der Waals surface area contributed by atoms with Gasteiger partial charge in [0.05, 0.1) is 10.7 Å². The molecule has 0 aromatic heterocycles. The van der Waals surface area contributed by atoms with Gasteiger partial charge in [0.25, 0.3) is 5.69 Å². The molecule has 0 unspecified atom stereocenters. The molecule has 0 aliphatic rings. The molecule has 1 N–H and O–H groups in total. The molecule has 0 bridgehead atoms. The largest absolute Gasteiger partial charge is 0.459 e. The summed E-state index contributed by atoms with van der Waals surface area (Å²) in [6, 6.07) is 4.52. The first-order valence-electron chi connectivity index (χ1n) is 8.39. The molecule has 26 heavy (non-hydrogen) atoms. The molecule has 0 saturated heterocycles. The van der Waals surface area contributed by atoms with Gasteiger partial charge in [0.2, 0.25) is 10.0 Å². The predicted molar refractivity (Wildman–Crippen MR) is 98.3 cm³/mol. The topological polar surface area (TPSA) is 116 Å². The molecule has 9 heteroatoms. The highest BCUT2D eigenvalue weighted by Crippen LogP contribution is 2.16. The van der Waals surface area contributed by atoms with E-state index in [1.165, 1.54) is 24.3 Å². The van der Waals surface area contributed by atoms with Crippen LogP contribution in [0.1, 0.15) is 46.1 Å². The van der Waals surface area contributed by atoms with Crippen LogP contribution in [0.15, 0.2) is 24.3 Å². The van der Waals surface area contributed by atoms with Crippen LogP contribution in [0.2, 0.25) is 0 Å². The van der Waals surface area contributed by atoms with Crippen LogP contribution in [0.5, 0.6) is 0 Å². The summed E-state index contributed by atoms with van der Waals surface area (Å²) in [7, 11) is -3.64. The number of non-ortho nitro benzene ring substituents is 1. The normalized spacial score (nSPS) is 13.2. The number of unbranched alkanes of at least 4 members (excludes halogenated alkanes) is 1. The van der Waals surface area contributed by atoms with E-state index in [4.69, 9.17) is 4.74 Å². The first-order chi connectivity index (χ1) is 11.9. The maximum absolute atomic E-state index is 12.4. The molecular formula is C17H26N2O6S. The summed E-state index contributed by atoms with van der Waals surface area (Å²) < 4.78 is 32.1. The van der Waals surface area contributed by atoms with Crippen LogP contribution in [0, 0.1) is 10.1 Å². The lowest BCUT2D eigenvalue weighted by molar-refractivity contribution is -0.384. The van der Waals surface area contributed by atoms with Crippen LogP contribution in [-0.2, 0) is 26.0 Å². The van der Waals surface area contributed by atoms with E-state index in [1.807, 2.05) is 6.92 Å².